The van der Waals surface area contributed by atoms with E-state index < -0.39 is 0 Å². The van der Waals surface area contributed by atoms with Gasteiger partial charge in [0.2, 0.25) is 0 Å². The predicted octanol–water partition coefficient (Wildman–Crippen LogP) is 5.82. The first-order valence-electron chi connectivity index (χ1n) is 10.6. The molecule has 30 heavy (non-hydrogen) atoms. The minimum Gasteiger partial charge on any atom is -0.356 e. The van der Waals surface area contributed by atoms with Gasteiger partial charge in [0.05, 0.1) is 6.20 Å². The lowest BCUT2D eigenvalue weighted by molar-refractivity contribution is 0.401. The van der Waals surface area contributed by atoms with Gasteiger partial charge in [-0.2, -0.15) is 9.61 Å². The predicted molar refractivity (Wildman–Crippen MR) is 123 cm³/mol. The van der Waals surface area contributed by atoms with Crippen LogP contribution in [0.25, 0.3) is 16.8 Å². The van der Waals surface area contributed by atoms with E-state index in [4.69, 9.17) is 21.7 Å². The van der Waals surface area contributed by atoms with Crippen molar-refractivity contribution in [1.29, 1.82) is 0 Å². The van der Waals surface area contributed by atoms with Crippen LogP contribution in [-0.2, 0) is 6.42 Å². The lowest BCUT2D eigenvalue weighted by Crippen LogP contribution is -2.35. The topological polar surface area (TPSA) is 33.4 Å². The summed E-state index contributed by atoms with van der Waals surface area (Å²) in [6, 6.07) is 20.9. The zero-order valence-corrected chi connectivity index (χ0v) is 17.9. The van der Waals surface area contributed by atoms with Crippen molar-refractivity contribution in [1.82, 2.24) is 14.6 Å². The van der Waals surface area contributed by atoms with Gasteiger partial charge in [-0.05, 0) is 55.4 Å². The molecule has 0 N–H and O–H groups in total. The highest BCUT2D eigenvalue weighted by Gasteiger charge is 2.23. The maximum Gasteiger partial charge on any atom is 0.165 e. The maximum atomic E-state index is 6.06. The molecule has 3 heterocycles. The Balaban J connectivity index is 1.39. The van der Waals surface area contributed by atoms with Crippen LogP contribution in [0.1, 0.15) is 24.1 Å². The van der Waals surface area contributed by atoms with Gasteiger partial charge in [0, 0.05) is 35.4 Å². The number of halogens is 1. The molecule has 0 saturated carbocycles. The Bertz CT molecular complexity index is 1140. The minimum atomic E-state index is 0.735. The van der Waals surface area contributed by atoms with Crippen molar-refractivity contribution in [3.8, 4) is 11.1 Å². The van der Waals surface area contributed by atoms with Crippen LogP contribution in [0.2, 0.25) is 5.02 Å². The van der Waals surface area contributed by atoms with Crippen LogP contribution in [0.15, 0.2) is 66.9 Å². The Kier molecular flexibility index (Phi) is 5.17. The molecule has 2 aromatic carbocycles. The molecule has 0 radical (unpaired) electrons. The second-order valence-electron chi connectivity index (χ2n) is 8.18. The third-order valence-electron chi connectivity index (χ3n) is 6.04. The highest BCUT2D eigenvalue weighted by atomic mass is 35.5. The lowest BCUT2D eigenvalue weighted by Gasteiger charge is -2.33. The number of benzene rings is 2. The van der Waals surface area contributed by atoms with E-state index >= 15 is 0 Å². The molecule has 1 fully saturated rings. The normalized spacial score (nSPS) is 15.1. The zero-order chi connectivity index (χ0) is 20.5. The summed E-state index contributed by atoms with van der Waals surface area (Å²) in [6.07, 6.45) is 5.48. The Morgan fingerprint density at radius 3 is 2.47 bits per heavy atom. The van der Waals surface area contributed by atoms with E-state index in [9.17, 15) is 0 Å². The molecule has 0 bridgehead atoms. The second-order valence-corrected chi connectivity index (χ2v) is 8.61. The summed E-state index contributed by atoms with van der Waals surface area (Å²) in [6.45, 7) is 4.16. The van der Waals surface area contributed by atoms with Crippen LogP contribution in [-0.4, -0.2) is 27.7 Å². The third-order valence-corrected chi connectivity index (χ3v) is 6.29. The van der Waals surface area contributed by atoms with Gasteiger partial charge in [-0.15, -0.1) is 0 Å². The molecule has 0 amide bonds. The highest BCUT2D eigenvalue weighted by Crippen LogP contribution is 2.30. The monoisotopic (exact) mass is 416 g/mol. The Labute approximate surface area is 182 Å². The van der Waals surface area contributed by atoms with Crippen molar-refractivity contribution < 1.29 is 0 Å². The molecule has 0 aliphatic carbocycles. The molecule has 0 unspecified atom stereocenters. The largest absolute Gasteiger partial charge is 0.356 e. The molecule has 1 aliphatic heterocycles. The van der Waals surface area contributed by atoms with E-state index in [1.807, 2.05) is 35.0 Å². The number of hydrogen-bond donors (Lipinski definition) is 0. The fourth-order valence-corrected chi connectivity index (χ4v) is 4.56. The van der Waals surface area contributed by atoms with Gasteiger partial charge in [0.15, 0.2) is 5.65 Å². The smallest absolute Gasteiger partial charge is 0.165 e. The summed E-state index contributed by atoms with van der Waals surface area (Å²) < 4.78 is 1.99. The number of piperidine rings is 1. The van der Waals surface area contributed by atoms with Gasteiger partial charge in [0.25, 0.3) is 0 Å². The fraction of sp³-hybridized carbons (Fsp3) is 0.280. The van der Waals surface area contributed by atoms with Gasteiger partial charge < -0.3 is 4.90 Å². The standard InChI is InChI=1S/C25H25ClN4/c1-18-15-24(29-13-11-20(12-14-29)16-19-5-3-2-4-6-19)30-25(28-18)23(17-27-30)21-7-9-22(26)10-8-21/h2-10,15,17,20H,11-14,16H2,1H3. The van der Waals surface area contributed by atoms with Crippen LogP contribution in [0.3, 0.4) is 0 Å². The molecule has 5 rings (SSSR count). The molecule has 4 nitrogen and oxygen atoms in total. The molecule has 5 heteroatoms. The maximum absolute atomic E-state index is 6.06. The summed E-state index contributed by atoms with van der Waals surface area (Å²) >= 11 is 6.06. The first-order valence-corrected chi connectivity index (χ1v) is 11.0. The number of hydrogen-bond acceptors (Lipinski definition) is 3. The van der Waals surface area contributed by atoms with E-state index in [0.717, 1.165) is 52.3 Å². The molecule has 0 spiro atoms. The first kappa shape index (κ1) is 19.1. The summed E-state index contributed by atoms with van der Waals surface area (Å²) in [5.74, 6) is 1.88. The third kappa shape index (κ3) is 3.80. The highest BCUT2D eigenvalue weighted by molar-refractivity contribution is 6.30. The number of anilines is 1. The molecule has 4 aromatic rings. The van der Waals surface area contributed by atoms with Crippen molar-refractivity contribution >= 4 is 23.1 Å². The van der Waals surface area contributed by atoms with Crippen LogP contribution < -0.4 is 4.90 Å². The van der Waals surface area contributed by atoms with Gasteiger partial charge in [-0.1, -0.05) is 54.1 Å². The minimum absolute atomic E-state index is 0.735. The molecule has 0 atom stereocenters. The zero-order valence-electron chi connectivity index (χ0n) is 17.1. The van der Waals surface area contributed by atoms with Crippen molar-refractivity contribution in [3.05, 3.63) is 83.1 Å². The van der Waals surface area contributed by atoms with E-state index in [-0.39, 0.29) is 0 Å². The van der Waals surface area contributed by atoms with Crippen molar-refractivity contribution in [2.75, 3.05) is 18.0 Å². The fourth-order valence-electron chi connectivity index (χ4n) is 4.44. The van der Waals surface area contributed by atoms with Crippen molar-refractivity contribution in [2.24, 2.45) is 5.92 Å². The van der Waals surface area contributed by atoms with E-state index in [1.54, 1.807) is 0 Å². The average molecular weight is 417 g/mol. The van der Waals surface area contributed by atoms with Crippen molar-refractivity contribution in [3.63, 3.8) is 0 Å². The molecule has 1 aliphatic rings. The molecule has 2 aromatic heterocycles. The number of rotatable bonds is 4. The number of nitrogens with zero attached hydrogens (tertiary/aromatic N) is 4. The average Bonchev–Trinajstić information content (AvgIpc) is 3.19. The molecular weight excluding hydrogens is 392 g/mol. The number of aromatic nitrogens is 3. The molecular formula is C25H25ClN4. The van der Waals surface area contributed by atoms with Crippen molar-refractivity contribution in [2.45, 2.75) is 26.2 Å². The lowest BCUT2D eigenvalue weighted by atomic mass is 9.90. The summed E-state index contributed by atoms with van der Waals surface area (Å²) in [7, 11) is 0. The SMILES string of the molecule is Cc1cc(N2CCC(Cc3ccccc3)CC2)n2ncc(-c3ccc(Cl)cc3)c2n1. The molecule has 152 valence electrons. The van der Waals surface area contributed by atoms with Gasteiger partial charge in [0.1, 0.15) is 5.82 Å². The van der Waals surface area contributed by atoms with Crippen LogP contribution in [0, 0.1) is 12.8 Å². The van der Waals surface area contributed by atoms with Crippen LogP contribution in [0.5, 0.6) is 0 Å². The van der Waals surface area contributed by atoms with Gasteiger partial charge in [-0.25, -0.2) is 4.98 Å². The second kappa shape index (κ2) is 8.11. The van der Waals surface area contributed by atoms with Gasteiger partial charge >= 0.3 is 0 Å². The summed E-state index contributed by atoms with van der Waals surface area (Å²) in [4.78, 5) is 7.26. The van der Waals surface area contributed by atoms with E-state index in [2.05, 4.69) is 48.2 Å². The number of fused-ring (bicyclic) bond motifs is 1. The Morgan fingerprint density at radius 1 is 1.00 bits per heavy atom. The Hall–Kier alpha value is -2.85. The quantitative estimate of drug-likeness (QED) is 0.420. The number of aryl methyl sites for hydroxylation is 1. The summed E-state index contributed by atoms with van der Waals surface area (Å²) in [5.41, 5.74) is 5.48. The first-order chi connectivity index (χ1) is 14.7. The van der Waals surface area contributed by atoms with Gasteiger partial charge in [-0.3, -0.25) is 0 Å². The Morgan fingerprint density at radius 2 is 1.73 bits per heavy atom. The van der Waals surface area contributed by atoms with E-state index in [1.165, 1.54) is 24.8 Å². The van der Waals surface area contributed by atoms with E-state index in [0.29, 0.717) is 0 Å². The van der Waals surface area contributed by atoms with Crippen LogP contribution >= 0.6 is 11.6 Å². The summed E-state index contributed by atoms with van der Waals surface area (Å²) in [5, 5.41) is 5.43. The molecule has 1 saturated heterocycles. The van der Waals surface area contributed by atoms with Crippen LogP contribution in [0.4, 0.5) is 5.82 Å².